The van der Waals surface area contributed by atoms with Crippen molar-refractivity contribution in [2.24, 2.45) is 0 Å². The molecule has 192 valence electrons. The average molecular weight is 529 g/mol. The number of carbonyl (C=O) groups excluding carboxylic acids is 1. The zero-order valence-electron chi connectivity index (χ0n) is 21.5. The van der Waals surface area contributed by atoms with Gasteiger partial charge in [-0.15, -0.1) is 0 Å². The number of nitrogens with one attached hydrogen (secondary N) is 1. The van der Waals surface area contributed by atoms with E-state index in [1.807, 2.05) is 26.0 Å². The Morgan fingerprint density at radius 1 is 1.03 bits per heavy atom. The van der Waals surface area contributed by atoms with Crippen LogP contribution >= 0.6 is 11.6 Å². The SMILES string of the molecule is COc1cc(C)c(C(C)NC(=O)c2ccc(N(Cc3ccccc3Cl)S(C)(=O)=O)cc2)cc1C(C)C. The Morgan fingerprint density at radius 3 is 2.22 bits per heavy atom. The van der Waals surface area contributed by atoms with E-state index in [9.17, 15) is 13.2 Å². The van der Waals surface area contributed by atoms with E-state index in [0.29, 0.717) is 21.8 Å². The van der Waals surface area contributed by atoms with Crippen LogP contribution in [-0.4, -0.2) is 27.7 Å². The first kappa shape index (κ1) is 27.6. The molecule has 0 heterocycles. The summed E-state index contributed by atoms with van der Waals surface area (Å²) in [6.07, 6.45) is 1.15. The van der Waals surface area contributed by atoms with Crippen LogP contribution in [0.25, 0.3) is 0 Å². The minimum Gasteiger partial charge on any atom is -0.496 e. The second kappa shape index (κ2) is 11.4. The lowest BCUT2D eigenvalue weighted by atomic mass is 9.93. The molecule has 0 fully saturated rings. The van der Waals surface area contributed by atoms with Crippen molar-refractivity contribution >= 4 is 33.2 Å². The molecule has 36 heavy (non-hydrogen) atoms. The number of rotatable bonds is 9. The number of anilines is 1. The van der Waals surface area contributed by atoms with Gasteiger partial charge in [-0.3, -0.25) is 9.10 Å². The number of methoxy groups -OCH3 is 1. The van der Waals surface area contributed by atoms with E-state index < -0.39 is 10.0 Å². The summed E-state index contributed by atoms with van der Waals surface area (Å²) in [5.74, 6) is 0.873. The number of hydrogen-bond donors (Lipinski definition) is 1. The van der Waals surface area contributed by atoms with E-state index in [2.05, 4.69) is 25.2 Å². The molecule has 0 saturated heterocycles. The van der Waals surface area contributed by atoms with Crippen LogP contribution in [-0.2, 0) is 16.6 Å². The van der Waals surface area contributed by atoms with Gasteiger partial charge in [0.25, 0.3) is 5.91 Å². The molecule has 0 aromatic heterocycles. The number of nitrogens with zero attached hydrogens (tertiary/aromatic N) is 1. The summed E-state index contributed by atoms with van der Waals surface area (Å²) in [7, 11) is -1.92. The van der Waals surface area contributed by atoms with Gasteiger partial charge in [-0.25, -0.2) is 8.42 Å². The molecule has 8 heteroatoms. The molecule has 0 radical (unpaired) electrons. The van der Waals surface area contributed by atoms with Gasteiger partial charge in [-0.1, -0.05) is 43.6 Å². The van der Waals surface area contributed by atoms with Gasteiger partial charge < -0.3 is 10.1 Å². The van der Waals surface area contributed by atoms with Gasteiger partial charge in [0.05, 0.1) is 31.6 Å². The molecule has 1 amide bonds. The summed E-state index contributed by atoms with van der Waals surface area (Å²) in [5, 5.41) is 3.55. The quantitative estimate of drug-likeness (QED) is 0.357. The third kappa shape index (κ3) is 6.39. The minimum atomic E-state index is -3.58. The molecular formula is C28H33ClN2O4S. The summed E-state index contributed by atoms with van der Waals surface area (Å²) in [4.78, 5) is 13.0. The average Bonchev–Trinajstić information content (AvgIpc) is 2.82. The standard InChI is InChI=1S/C28H33ClN2O4S/c1-18(2)24-16-25(19(3)15-27(24)35-5)20(4)30-28(32)21-11-13-23(14-12-21)31(36(6,33)34)17-22-9-7-8-10-26(22)29/h7-16,18,20H,17H2,1-6H3,(H,30,32). The van der Waals surface area contributed by atoms with Crippen LogP contribution in [0.4, 0.5) is 5.69 Å². The normalized spacial score (nSPS) is 12.3. The zero-order chi connectivity index (χ0) is 26.6. The van der Waals surface area contributed by atoms with E-state index in [-0.39, 0.29) is 24.4 Å². The number of sulfonamides is 1. The lowest BCUT2D eigenvalue weighted by Crippen LogP contribution is -2.30. The number of aryl methyl sites for hydroxylation is 1. The topological polar surface area (TPSA) is 75.7 Å². The second-order valence-electron chi connectivity index (χ2n) is 9.21. The van der Waals surface area contributed by atoms with E-state index in [1.54, 1.807) is 49.6 Å². The van der Waals surface area contributed by atoms with Crippen molar-refractivity contribution in [3.05, 3.63) is 93.5 Å². The van der Waals surface area contributed by atoms with E-state index in [4.69, 9.17) is 16.3 Å². The number of amides is 1. The first-order valence-electron chi connectivity index (χ1n) is 11.7. The van der Waals surface area contributed by atoms with Gasteiger partial charge >= 0.3 is 0 Å². The van der Waals surface area contributed by atoms with Crippen LogP contribution in [0.3, 0.4) is 0 Å². The predicted molar refractivity (Wildman–Crippen MR) is 147 cm³/mol. The Labute approximate surface area is 219 Å². The van der Waals surface area contributed by atoms with Gasteiger partial charge in [0, 0.05) is 10.6 Å². The molecule has 0 aliphatic rings. The fourth-order valence-electron chi connectivity index (χ4n) is 4.13. The third-order valence-corrected chi connectivity index (χ3v) is 7.65. The predicted octanol–water partition coefficient (Wildman–Crippen LogP) is 6.24. The van der Waals surface area contributed by atoms with Crippen molar-refractivity contribution in [3.8, 4) is 5.75 Å². The summed E-state index contributed by atoms with van der Waals surface area (Å²) in [6, 6.07) is 17.5. The molecule has 6 nitrogen and oxygen atoms in total. The zero-order valence-corrected chi connectivity index (χ0v) is 23.1. The van der Waals surface area contributed by atoms with E-state index in [1.165, 1.54) is 4.31 Å². The van der Waals surface area contributed by atoms with Crippen molar-refractivity contribution < 1.29 is 17.9 Å². The molecule has 1 atom stereocenters. The van der Waals surface area contributed by atoms with Gasteiger partial charge in [0.15, 0.2) is 0 Å². The van der Waals surface area contributed by atoms with E-state index >= 15 is 0 Å². The van der Waals surface area contributed by atoms with Crippen molar-refractivity contribution in [1.29, 1.82) is 0 Å². The summed E-state index contributed by atoms with van der Waals surface area (Å²) in [5.41, 5.74) is 4.72. The summed E-state index contributed by atoms with van der Waals surface area (Å²) < 4.78 is 31.8. The Hall–Kier alpha value is -3.03. The molecule has 0 aliphatic heterocycles. The highest BCUT2D eigenvalue weighted by Crippen LogP contribution is 2.32. The molecule has 0 bridgehead atoms. The fraction of sp³-hybridized carbons (Fsp3) is 0.321. The maximum Gasteiger partial charge on any atom is 0.251 e. The van der Waals surface area contributed by atoms with Gasteiger partial charge in [-0.2, -0.15) is 0 Å². The molecule has 1 unspecified atom stereocenters. The van der Waals surface area contributed by atoms with Crippen molar-refractivity contribution in [3.63, 3.8) is 0 Å². The summed E-state index contributed by atoms with van der Waals surface area (Å²) in [6.45, 7) is 8.25. The second-order valence-corrected chi connectivity index (χ2v) is 11.5. The molecule has 0 aliphatic carbocycles. The molecule has 1 N–H and O–H groups in total. The van der Waals surface area contributed by atoms with Crippen LogP contribution in [0.2, 0.25) is 5.02 Å². The number of benzene rings is 3. The Bertz CT molecular complexity index is 1340. The lowest BCUT2D eigenvalue weighted by molar-refractivity contribution is 0.0940. The fourth-order valence-corrected chi connectivity index (χ4v) is 5.20. The number of ether oxygens (including phenoxy) is 1. The van der Waals surface area contributed by atoms with Crippen LogP contribution in [0.15, 0.2) is 60.7 Å². The first-order valence-corrected chi connectivity index (χ1v) is 14.0. The lowest BCUT2D eigenvalue weighted by Gasteiger charge is -2.23. The number of carbonyl (C=O) groups is 1. The van der Waals surface area contributed by atoms with Crippen LogP contribution in [0.1, 0.15) is 65.3 Å². The number of halogens is 1. The Balaban J connectivity index is 1.81. The Morgan fingerprint density at radius 2 is 1.67 bits per heavy atom. The monoisotopic (exact) mass is 528 g/mol. The maximum absolute atomic E-state index is 13.0. The summed E-state index contributed by atoms with van der Waals surface area (Å²) >= 11 is 6.25. The molecule has 0 spiro atoms. The van der Waals surface area contributed by atoms with Crippen molar-refractivity contribution in [2.75, 3.05) is 17.7 Å². The molecule has 0 saturated carbocycles. The van der Waals surface area contributed by atoms with Crippen LogP contribution < -0.4 is 14.4 Å². The minimum absolute atomic E-state index is 0.0933. The molecule has 3 aromatic rings. The van der Waals surface area contributed by atoms with Crippen LogP contribution in [0.5, 0.6) is 5.75 Å². The van der Waals surface area contributed by atoms with Crippen molar-refractivity contribution in [2.45, 2.75) is 46.2 Å². The van der Waals surface area contributed by atoms with Gasteiger partial charge in [0.2, 0.25) is 10.0 Å². The number of hydrogen-bond acceptors (Lipinski definition) is 4. The molecular weight excluding hydrogens is 496 g/mol. The van der Waals surface area contributed by atoms with E-state index in [0.717, 1.165) is 28.7 Å². The van der Waals surface area contributed by atoms with Crippen LogP contribution in [0, 0.1) is 6.92 Å². The smallest absolute Gasteiger partial charge is 0.251 e. The largest absolute Gasteiger partial charge is 0.496 e. The highest BCUT2D eigenvalue weighted by molar-refractivity contribution is 7.92. The van der Waals surface area contributed by atoms with Crippen molar-refractivity contribution in [1.82, 2.24) is 5.32 Å². The maximum atomic E-state index is 13.0. The van der Waals surface area contributed by atoms with Gasteiger partial charge in [-0.05, 0) is 84.5 Å². The molecule has 3 rings (SSSR count). The molecule has 3 aromatic carbocycles. The third-order valence-electron chi connectivity index (χ3n) is 6.14. The highest BCUT2D eigenvalue weighted by atomic mass is 35.5. The van der Waals surface area contributed by atoms with Gasteiger partial charge in [0.1, 0.15) is 5.75 Å². The Kier molecular flexibility index (Phi) is 8.69. The first-order chi connectivity index (χ1) is 16.9. The highest BCUT2D eigenvalue weighted by Gasteiger charge is 2.21.